The molecule has 1 aliphatic carbocycles. The van der Waals surface area contributed by atoms with Crippen LogP contribution in [0, 0.1) is 29.0 Å². The third-order valence-corrected chi connectivity index (χ3v) is 6.33. The third kappa shape index (κ3) is 3.28. The van der Waals surface area contributed by atoms with E-state index in [1.54, 1.807) is 12.4 Å². The smallest absolute Gasteiger partial charge is 0.162 e. The van der Waals surface area contributed by atoms with E-state index >= 15 is 0 Å². The van der Waals surface area contributed by atoms with Crippen LogP contribution in [0.3, 0.4) is 0 Å². The summed E-state index contributed by atoms with van der Waals surface area (Å²) >= 11 is 0. The van der Waals surface area contributed by atoms with Gasteiger partial charge in [-0.15, -0.1) is 0 Å². The van der Waals surface area contributed by atoms with Gasteiger partial charge in [0, 0.05) is 24.8 Å². The molecule has 1 aliphatic heterocycles. The van der Waals surface area contributed by atoms with E-state index in [0.717, 1.165) is 43.5 Å². The maximum atomic E-state index is 13.8. The molecule has 3 heterocycles. The number of hydrogen-bond donors (Lipinski definition) is 4. The Labute approximate surface area is 173 Å². The van der Waals surface area contributed by atoms with Crippen LogP contribution in [0.25, 0.3) is 11.2 Å². The van der Waals surface area contributed by atoms with Crippen molar-refractivity contribution in [2.75, 3.05) is 22.5 Å². The van der Waals surface area contributed by atoms with Crippen LogP contribution >= 0.6 is 0 Å². The second-order valence-electron chi connectivity index (χ2n) is 8.09. The van der Waals surface area contributed by atoms with Gasteiger partial charge >= 0.3 is 0 Å². The van der Waals surface area contributed by atoms with Gasteiger partial charge in [0.1, 0.15) is 23.3 Å². The van der Waals surface area contributed by atoms with Crippen LogP contribution in [-0.4, -0.2) is 32.1 Å². The molecule has 4 N–H and O–H groups in total. The summed E-state index contributed by atoms with van der Waals surface area (Å²) in [6, 6.07) is 7.20. The van der Waals surface area contributed by atoms with E-state index in [2.05, 4.69) is 42.0 Å². The van der Waals surface area contributed by atoms with Crippen molar-refractivity contribution in [3.63, 3.8) is 0 Å². The molecule has 0 spiro atoms. The molecule has 0 saturated heterocycles. The fourth-order valence-corrected chi connectivity index (χ4v) is 4.76. The largest absolute Gasteiger partial charge is 0.368 e. The third-order valence-electron chi connectivity index (χ3n) is 6.33. The number of imidazole rings is 1. The molecule has 154 valence electrons. The number of anilines is 3. The number of fused-ring (bicyclic) bond motifs is 2. The summed E-state index contributed by atoms with van der Waals surface area (Å²) in [4.78, 5) is 15.8. The highest BCUT2D eigenvalue weighted by atomic mass is 19.1. The molecule has 0 amide bonds. The highest BCUT2D eigenvalue weighted by molar-refractivity contribution is 5.82. The van der Waals surface area contributed by atoms with Crippen molar-refractivity contribution >= 4 is 28.4 Å². The normalized spacial score (nSPS) is 25.2. The molecule has 0 radical (unpaired) electrons. The molecule has 1 unspecified atom stereocenters. The fourth-order valence-electron chi connectivity index (χ4n) is 4.76. The van der Waals surface area contributed by atoms with Gasteiger partial charge in [-0.1, -0.05) is 0 Å². The lowest BCUT2D eigenvalue weighted by molar-refractivity contribution is 0.224. The van der Waals surface area contributed by atoms with Crippen molar-refractivity contribution in [3.05, 3.63) is 36.7 Å². The highest BCUT2D eigenvalue weighted by Gasteiger charge is 2.44. The van der Waals surface area contributed by atoms with E-state index in [-0.39, 0.29) is 11.7 Å². The number of benzene rings is 1. The maximum absolute atomic E-state index is 13.8. The number of aromatic nitrogens is 4. The monoisotopic (exact) mass is 406 g/mol. The number of aromatic amines is 1. The molecular formula is C21H23FN8. The lowest BCUT2D eigenvalue weighted by atomic mass is 9.75. The van der Waals surface area contributed by atoms with Crippen molar-refractivity contribution in [1.82, 2.24) is 19.9 Å². The topological polar surface area (TPSA) is 114 Å². The second-order valence-corrected chi connectivity index (χ2v) is 8.09. The minimum absolute atomic E-state index is 0.131. The Hall–Kier alpha value is -3.41. The molecule has 5 rings (SSSR count). The van der Waals surface area contributed by atoms with Gasteiger partial charge in [0.05, 0.1) is 23.8 Å². The average molecular weight is 406 g/mol. The second kappa shape index (κ2) is 7.44. The van der Waals surface area contributed by atoms with Crippen LogP contribution in [0.15, 0.2) is 30.9 Å². The molecule has 2 aliphatic rings. The molecule has 1 atom stereocenters. The Kier molecular flexibility index (Phi) is 4.62. The summed E-state index contributed by atoms with van der Waals surface area (Å²) < 4.78 is 13.8. The number of hydrogen-bond acceptors (Lipinski definition) is 7. The SMILES string of the molecule is N#CC1CCC(C2(CCNc3ncnc4[nH]cnc34)Nc3ccc(F)cc3N2)CC1. The first-order chi connectivity index (χ1) is 14.7. The van der Waals surface area contributed by atoms with Crippen molar-refractivity contribution in [1.29, 1.82) is 5.26 Å². The number of H-pyrrole nitrogens is 1. The number of nitrogens with one attached hydrogen (secondary N) is 4. The minimum atomic E-state index is -0.402. The lowest BCUT2D eigenvalue weighted by Crippen LogP contribution is -2.51. The number of halogens is 1. The molecule has 30 heavy (non-hydrogen) atoms. The zero-order valence-electron chi connectivity index (χ0n) is 16.5. The zero-order chi connectivity index (χ0) is 20.6. The molecular weight excluding hydrogens is 383 g/mol. The minimum Gasteiger partial charge on any atom is -0.368 e. The van der Waals surface area contributed by atoms with Crippen LogP contribution in [0.2, 0.25) is 0 Å². The summed E-state index contributed by atoms with van der Waals surface area (Å²) in [5, 5.41) is 19.9. The first-order valence-corrected chi connectivity index (χ1v) is 10.3. The summed E-state index contributed by atoms with van der Waals surface area (Å²) in [5.41, 5.74) is 2.70. The number of nitrogens with zero attached hydrogens (tertiary/aromatic N) is 4. The summed E-state index contributed by atoms with van der Waals surface area (Å²) in [7, 11) is 0. The Morgan fingerprint density at radius 2 is 1.97 bits per heavy atom. The quantitative estimate of drug-likeness (QED) is 0.509. The molecule has 1 aromatic carbocycles. The van der Waals surface area contributed by atoms with Crippen molar-refractivity contribution in [2.24, 2.45) is 11.8 Å². The molecule has 1 fully saturated rings. The molecule has 3 aromatic rings. The van der Waals surface area contributed by atoms with Crippen molar-refractivity contribution < 1.29 is 4.39 Å². The van der Waals surface area contributed by atoms with E-state index in [1.165, 1.54) is 18.5 Å². The summed E-state index contributed by atoms with van der Waals surface area (Å²) in [5.74, 6) is 0.889. The molecule has 1 saturated carbocycles. The van der Waals surface area contributed by atoms with Gasteiger partial charge in [-0.2, -0.15) is 5.26 Å². The predicted octanol–water partition coefficient (Wildman–Crippen LogP) is 3.86. The van der Waals surface area contributed by atoms with Gasteiger partial charge in [-0.25, -0.2) is 19.3 Å². The van der Waals surface area contributed by atoms with E-state index < -0.39 is 5.66 Å². The Morgan fingerprint density at radius 1 is 1.13 bits per heavy atom. The van der Waals surface area contributed by atoms with Gasteiger partial charge in [0.2, 0.25) is 0 Å². The molecule has 9 heteroatoms. The van der Waals surface area contributed by atoms with Crippen LogP contribution in [0.4, 0.5) is 21.6 Å². The van der Waals surface area contributed by atoms with Gasteiger partial charge in [0.25, 0.3) is 0 Å². The Bertz CT molecular complexity index is 1100. The Balaban J connectivity index is 1.36. The number of nitriles is 1. The van der Waals surface area contributed by atoms with Crippen molar-refractivity contribution in [3.8, 4) is 6.07 Å². The predicted molar refractivity (Wildman–Crippen MR) is 112 cm³/mol. The first-order valence-electron chi connectivity index (χ1n) is 10.3. The van der Waals surface area contributed by atoms with E-state index in [0.29, 0.717) is 29.4 Å². The van der Waals surface area contributed by atoms with Crippen LogP contribution in [0.1, 0.15) is 32.1 Å². The first kappa shape index (κ1) is 18.6. The van der Waals surface area contributed by atoms with E-state index in [4.69, 9.17) is 0 Å². The van der Waals surface area contributed by atoms with E-state index in [9.17, 15) is 9.65 Å². The van der Waals surface area contributed by atoms with Crippen LogP contribution in [0.5, 0.6) is 0 Å². The summed E-state index contributed by atoms with van der Waals surface area (Å²) in [6.45, 7) is 0.646. The van der Waals surface area contributed by atoms with Crippen molar-refractivity contribution in [2.45, 2.75) is 37.8 Å². The summed E-state index contributed by atoms with van der Waals surface area (Å²) in [6.07, 6.45) is 7.55. The van der Waals surface area contributed by atoms with Gasteiger partial charge in [-0.05, 0) is 43.9 Å². The number of rotatable bonds is 5. The van der Waals surface area contributed by atoms with Gasteiger partial charge < -0.3 is 20.9 Å². The standard InChI is InChI=1S/C21H23FN8/c22-15-5-6-16-17(9-15)30-21(29-16,14-3-1-13(10-23)2-4-14)7-8-24-19-18-20(26-11-25-18)28-12-27-19/h5-6,9,11-14,29-30H,1-4,7-8H2,(H2,24,25,26,27,28). The molecule has 0 bridgehead atoms. The Morgan fingerprint density at radius 3 is 2.80 bits per heavy atom. The molecule has 2 aromatic heterocycles. The van der Waals surface area contributed by atoms with Crippen LogP contribution < -0.4 is 16.0 Å². The van der Waals surface area contributed by atoms with Gasteiger partial charge in [0.15, 0.2) is 11.5 Å². The van der Waals surface area contributed by atoms with Crippen LogP contribution in [-0.2, 0) is 0 Å². The van der Waals surface area contributed by atoms with E-state index in [1.807, 2.05) is 0 Å². The highest BCUT2D eigenvalue weighted by Crippen LogP contribution is 2.45. The lowest BCUT2D eigenvalue weighted by Gasteiger charge is -2.41. The molecule has 8 nitrogen and oxygen atoms in total. The zero-order valence-corrected chi connectivity index (χ0v) is 16.5. The average Bonchev–Trinajstić information content (AvgIpc) is 3.39. The fraction of sp³-hybridized carbons (Fsp3) is 0.429. The van der Waals surface area contributed by atoms with Gasteiger partial charge in [-0.3, -0.25) is 0 Å². The maximum Gasteiger partial charge on any atom is 0.162 e.